The standard InChI is InChI=1S/C32H54N6O6/c1-9-10-15-34-30(41)25(22(4)5)19-27(39)26(37-31(42)44-32(6,7)8)18-23(21(2)3)20-35-29(40)24-13-11-12-14-28(24)43-17-16-36-38-33/h11-14,21-23,25-27,39H,9-10,15-20H2,1-8H3,(H,34,41)(H,35,40)(H,37,42)/t23-,25+,26+,27+/m1/s1. The first-order valence-electron chi connectivity index (χ1n) is 15.7. The molecule has 0 unspecified atom stereocenters. The third kappa shape index (κ3) is 14.8. The van der Waals surface area contributed by atoms with E-state index in [2.05, 4.69) is 32.9 Å². The van der Waals surface area contributed by atoms with Gasteiger partial charge in [0.1, 0.15) is 11.4 Å². The predicted octanol–water partition coefficient (Wildman–Crippen LogP) is 5.60. The average molecular weight is 619 g/mol. The van der Waals surface area contributed by atoms with E-state index < -0.39 is 29.8 Å². The lowest BCUT2D eigenvalue weighted by Crippen LogP contribution is -2.49. The van der Waals surface area contributed by atoms with Crippen molar-refractivity contribution >= 4 is 17.9 Å². The van der Waals surface area contributed by atoms with Gasteiger partial charge in [-0.3, -0.25) is 9.59 Å². The Morgan fingerprint density at radius 1 is 1.05 bits per heavy atom. The second-order valence-electron chi connectivity index (χ2n) is 12.8. The number of aliphatic hydroxyl groups excluding tert-OH is 1. The van der Waals surface area contributed by atoms with Crippen molar-refractivity contribution in [3.8, 4) is 5.75 Å². The Balaban J connectivity index is 3.11. The molecule has 0 aliphatic rings. The van der Waals surface area contributed by atoms with Crippen molar-refractivity contribution in [2.24, 2.45) is 28.8 Å². The maximum absolute atomic E-state index is 13.2. The van der Waals surface area contributed by atoms with E-state index in [-0.39, 0.29) is 55.7 Å². The van der Waals surface area contributed by atoms with Crippen LogP contribution in [0.3, 0.4) is 0 Å². The molecular formula is C32H54N6O6. The first kappa shape index (κ1) is 38.5. The number of nitrogens with zero attached hydrogens (tertiary/aromatic N) is 3. The fourth-order valence-electron chi connectivity index (χ4n) is 4.65. The number of hydrogen-bond acceptors (Lipinski definition) is 7. The fourth-order valence-corrected chi connectivity index (χ4v) is 4.65. The molecule has 1 aromatic carbocycles. The van der Waals surface area contributed by atoms with Gasteiger partial charge in [-0.15, -0.1) is 0 Å². The van der Waals surface area contributed by atoms with E-state index >= 15 is 0 Å². The maximum atomic E-state index is 13.2. The maximum Gasteiger partial charge on any atom is 0.407 e. The third-order valence-electron chi connectivity index (χ3n) is 7.30. The van der Waals surface area contributed by atoms with Crippen molar-refractivity contribution in [3.05, 3.63) is 40.3 Å². The number of amides is 3. The van der Waals surface area contributed by atoms with E-state index in [9.17, 15) is 19.5 Å². The normalized spacial score (nSPS) is 14.2. The van der Waals surface area contributed by atoms with E-state index in [0.29, 0.717) is 24.3 Å². The molecule has 4 atom stereocenters. The van der Waals surface area contributed by atoms with Crippen molar-refractivity contribution in [2.45, 2.75) is 98.8 Å². The number of ether oxygens (including phenoxy) is 2. The molecule has 0 spiro atoms. The molecule has 1 rings (SSSR count). The highest BCUT2D eigenvalue weighted by molar-refractivity contribution is 5.96. The topological polar surface area (TPSA) is 175 Å². The lowest BCUT2D eigenvalue weighted by atomic mass is 9.82. The lowest BCUT2D eigenvalue weighted by Gasteiger charge is -2.33. The molecule has 0 aliphatic carbocycles. The summed E-state index contributed by atoms with van der Waals surface area (Å²) in [6.45, 7) is 16.4. The van der Waals surface area contributed by atoms with E-state index in [1.165, 1.54) is 0 Å². The van der Waals surface area contributed by atoms with Crippen LogP contribution in [0.5, 0.6) is 5.75 Å². The fraction of sp³-hybridized carbons (Fsp3) is 0.719. The number of carbonyl (C=O) groups is 3. The van der Waals surface area contributed by atoms with Crippen molar-refractivity contribution < 1.29 is 29.0 Å². The van der Waals surface area contributed by atoms with Crippen LogP contribution < -0.4 is 20.7 Å². The molecule has 4 N–H and O–H groups in total. The summed E-state index contributed by atoms with van der Waals surface area (Å²) in [5.74, 6) is -0.607. The molecule has 0 fully saturated rings. The average Bonchev–Trinajstić information content (AvgIpc) is 2.94. The van der Waals surface area contributed by atoms with Crippen LogP contribution in [-0.2, 0) is 9.53 Å². The Morgan fingerprint density at radius 3 is 2.32 bits per heavy atom. The van der Waals surface area contributed by atoms with Gasteiger partial charge in [-0.2, -0.15) is 0 Å². The Labute approximate surface area is 262 Å². The number of para-hydroxylation sites is 1. The van der Waals surface area contributed by atoms with E-state index in [1.807, 2.05) is 27.7 Å². The second-order valence-corrected chi connectivity index (χ2v) is 12.8. The summed E-state index contributed by atoms with van der Waals surface area (Å²) in [5.41, 5.74) is 8.08. The van der Waals surface area contributed by atoms with Crippen LogP contribution in [-0.4, -0.2) is 67.0 Å². The molecule has 0 heterocycles. The zero-order valence-electron chi connectivity index (χ0n) is 27.8. The van der Waals surface area contributed by atoms with Gasteiger partial charge in [0.2, 0.25) is 5.91 Å². The van der Waals surface area contributed by atoms with Crippen molar-refractivity contribution in [1.82, 2.24) is 16.0 Å². The van der Waals surface area contributed by atoms with Gasteiger partial charge in [-0.05, 0) is 75.5 Å². The van der Waals surface area contributed by atoms with Gasteiger partial charge < -0.3 is 30.5 Å². The highest BCUT2D eigenvalue weighted by atomic mass is 16.6. The zero-order chi connectivity index (χ0) is 33.3. The molecule has 12 heteroatoms. The van der Waals surface area contributed by atoms with Crippen LogP contribution in [0.25, 0.3) is 10.4 Å². The molecule has 12 nitrogen and oxygen atoms in total. The Bertz CT molecular complexity index is 1080. The van der Waals surface area contributed by atoms with Crippen molar-refractivity contribution in [2.75, 3.05) is 26.2 Å². The molecule has 0 bridgehead atoms. The Hall–Kier alpha value is -3.50. The van der Waals surface area contributed by atoms with Crippen LogP contribution in [0.4, 0.5) is 4.79 Å². The summed E-state index contributed by atoms with van der Waals surface area (Å²) in [4.78, 5) is 41.7. The van der Waals surface area contributed by atoms with Gasteiger partial charge in [0.25, 0.3) is 5.91 Å². The third-order valence-corrected chi connectivity index (χ3v) is 7.30. The number of unbranched alkanes of at least 4 members (excludes halogenated alkanes) is 1. The SMILES string of the molecule is CCCCNC(=O)[C@@H](C[C@H](O)[C@H](C[C@H](CNC(=O)c1ccccc1OCCN=[N+]=[N-])C(C)C)NC(=O)OC(C)(C)C)C(C)C. The number of nitrogens with one attached hydrogen (secondary N) is 3. The minimum absolute atomic E-state index is 0.0253. The number of benzene rings is 1. The number of rotatable bonds is 19. The van der Waals surface area contributed by atoms with Crippen molar-refractivity contribution in [1.29, 1.82) is 0 Å². The number of alkyl carbamates (subject to hydrolysis) is 1. The summed E-state index contributed by atoms with van der Waals surface area (Å²) in [6.07, 6.45) is 0.636. The van der Waals surface area contributed by atoms with Gasteiger partial charge in [-0.1, -0.05) is 58.3 Å². The van der Waals surface area contributed by atoms with E-state index in [0.717, 1.165) is 12.8 Å². The monoisotopic (exact) mass is 618 g/mol. The van der Waals surface area contributed by atoms with Crippen LogP contribution >= 0.6 is 0 Å². The Kier molecular flexibility index (Phi) is 17.3. The van der Waals surface area contributed by atoms with Gasteiger partial charge in [0, 0.05) is 23.9 Å². The summed E-state index contributed by atoms with van der Waals surface area (Å²) in [7, 11) is 0. The van der Waals surface area contributed by atoms with Gasteiger partial charge in [0.05, 0.1) is 30.9 Å². The molecular weight excluding hydrogens is 564 g/mol. The molecule has 0 radical (unpaired) electrons. The highest BCUT2D eigenvalue weighted by Gasteiger charge is 2.33. The van der Waals surface area contributed by atoms with Crippen LogP contribution in [0.1, 0.15) is 91.4 Å². The van der Waals surface area contributed by atoms with Crippen molar-refractivity contribution in [3.63, 3.8) is 0 Å². The van der Waals surface area contributed by atoms with Gasteiger partial charge in [0.15, 0.2) is 0 Å². The number of hydrogen-bond donors (Lipinski definition) is 4. The summed E-state index contributed by atoms with van der Waals surface area (Å²) in [5, 5.41) is 23.7. The van der Waals surface area contributed by atoms with Crippen LogP contribution in [0.15, 0.2) is 29.4 Å². The summed E-state index contributed by atoms with van der Waals surface area (Å²) >= 11 is 0. The number of azide groups is 1. The van der Waals surface area contributed by atoms with E-state index in [4.69, 9.17) is 15.0 Å². The lowest BCUT2D eigenvalue weighted by molar-refractivity contribution is -0.127. The minimum Gasteiger partial charge on any atom is -0.493 e. The number of carbonyl (C=O) groups excluding carboxylic acids is 3. The molecule has 0 aliphatic heterocycles. The van der Waals surface area contributed by atoms with E-state index in [1.54, 1.807) is 45.0 Å². The molecule has 1 aromatic rings. The molecule has 3 amide bonds. The largest absolute Gasteiger partial charge is 0.493 e. The van der Waals surface area contributed by atoms with Gasteiger partial charge in [-0.25, -0.2) is 4.79 Å². The molecule has 44 heavy (non-hydrogen) atoms. The first-order valence-corrected chi connectivity index (χ1v) is 15.7. The quantitative estimate of drug-likeness (QED) is 0.0679. The number of aliphatic hydroxyl groups is 1. The van der Waals surface area contributed by atoms with Crippen LogP contribution in [0.2, 0.25) is 0 Å². The molecule has 0 saturated carbocycles. The predicted molar refractivity (Wildman–Crippen MR) is 171 cm³/mol. The molecule has 248 valence electrons. The summed E-state index contributed by atoms with van der Waals surface area (Å²) in [6, 6.07) is 6.08. The summed E-state index contributed by atoms with van der Waals surface area (Å²) < 4.78 is 11.1. The zero-order valence-corrected chi connectivity index (χ0v) is 27.8. The molecule has 0 saturated heterocycles. The smallest absolute Gasteiger partial charge is 0.407 e. The van der Waals surface area contributed by atoms with Crippen LogP contribution in [0, 0.1) is 23.7 Å². The Morgan fingerprint density at radius 2 is 1.73 bits per heavy atom. The highest BCUT2D eigenvalue weighted by Crippen LogP contribution is 2.25. The first-order chi connectivity index (χ1) is 20.7. The minimum atomic E-state index is -1.03. The van der Waals surface area contributed by atoms with Gasteiger partial charge >= 0.3 is 6.09 Å². The second kappa shape index (κ2) is 19.7. The molecule has 0 aromatic heterocycles.